The smallest absolute Gasteiger partial charge is 0.0412 e. The van der Waals surface area contributed by atoms with Gasteiger partial charge in [0.25, 0.3) is 0 Å². The molecule has 0 unspecified atom stereocenters. The van der Waals surface area contributed by atoms with E-state index in [2.05, 4.69) is 4.98 Å². The SMILES string of the molecule is NCc1ccncc1-c1cccc(Cl)c1. The van der Waals surface area contributed by atoms with E-state index in [1.54, 1.807) is 6.20 Å². The van der Waals surface area contributed by atoms with Crippen molar-refractivity contribution in [1.82, 2.24) is 4.98 Å². The summed E-state index contributed by atoms with van der Waals surface area (Å²) in [7, 11) is 0. The van der Waals surface area contributed by atoms with Gasteiger partial charge in [-0.15, -0.1) is 0 Å². The summed E-state index contributed by atoms with van der Waals surface area (Å²) in [6.07, 6.45) is 3.56. The van der Waals surface area contributed by atoms with E-state index in [4.69, 9.17) is 17.3 Å². The van der Waals surface area contributed by atoms with Gasteiger partial charge in [0.15, 0.2) is 0 Å². The van der Waals surface area contributed by atoms with E-state index in [-0.39, 0.29) is 0 Å². The molecule has 0 fully saturated rings. The largest absolute Gasteiger partial charge is 0.326 e. The van der Waals surface area contributed by atoms with Crippen LogP contribution in [-0.2, 0) is 6.54 Å². The number of nitrogens with two attached hydrogens (primary N) is 1. The summed E-state index contributed by atoms with van der Waals surface area (Å²) >= 11 is 5.94. The van der Waals surface area contributed by atoms with Crippen LogP contribution in [0, 0.1) is 0 Å². The van der Waals surface area contributed by atoms with Crippen molar-refractivity contribution in [3.8, 4) is 11.1 Å². The lowest BCUT2D eigenvalue weighted by atomic mass is 10.0. The van der Waals surface area contributed by atoms with Gasteiger partial charge in [-0.2, -0.15) is 0 Å². The van der Waals surface area contributed by atoms with Crippen LogP contribution in [0.4, 0.5) is 0 Å². The van der Waals surface area contributed by atoms with Crippen LogP contribution < -0.4 is 5.73 Å². The first-order valence-electron chi connectivity index (χ1n) is 4.70. The van der Waals surface area contributed by atoms with Gasteiger partial charge in [-0.05, 0) is 29.3 Å². The Kier molecular flexibility index (Phi) is 2.99. The Morgan fingerprint density at radius 2 is 2.13 bits per heavy atom. The van der Waals surface area contributed by atoms with Gasteiger partial charge in [0, 0.05) is 29.5 Å². The van der Waals surface area contributed by atoms with Crippen molar-refractivity contribution in [3.05, 3.63) is 53.3 Å². The fourth-order valence-corrected chi connectivity index (χ4v) is 1.71. The highest BCUT2D eigenvalue weighted by molar-refractivity contribution is 6.30. The van der Waals surface area contributed by atoms with Gasteiger partial charge in [0.1, 0.15) is 0 Å². The summed E-state index contributed by atoms with van der Waals surface area (Å²) < 4.78 is 0. The van der Waals surface area contributed by atoms with E-state index in [9.17, 15) is 0 Å². The number of hydrogen-bond donors (Lipinski definition) is 1. The Morgan fingerprint density at radius 3 is 2.87 bits per heavy atom. The van der Waals surface area contributed by atoms with E-state index in [0.717, 1.165) is 21.7 Å². The minimum absolute atomic E-state index is 0.504. The summed E-state index contributed by atoms with van der Waals surface area (Å²) in [5, 5.41) is 0.722. The number of nitrogens with zero attached hydrogens (tertiary/aromatic N) is 1. The van der Waals surface area contributed by atoms with Crippen molar-refractivity contribution >= 4 is 11.6 Å². The molecule has 76 valence electrons. The average Bonchev–Trinajstić information content (AvgIpc) is 2.29. The maximum absolute atomic E-state index is 5.94. The van der Waals surface area contributed by atoms with Crippen LogP contribution in [0.5, 0.6) is 0 Å². The van der Waals surface area contributed by atoms with Gasteiger partial charge in [0.2, 0.25) is 0 Å². The van der Waals surface area contributed by atoms with E-state index in [1.165, 1.54) is 0 Å². The van der Waals surface area contributed by atoms with Crippen LogP contribution in [0.1, 0.15) is 5.56 Å². The van der Waals surface area contributed by atoms with Crippen LogP contribution in [0.25, 0.3) is 11.1 Å². The fourth-order valence-electron chi connectivity index (χ4n) is 1.52. The van der Waals surface area contributed by atoms with Crippen molar-refractivity contribution < 1.29 is 0 Å². The minimum atomic E-state index is 0.504. The topological polar surface area (TPSA) is 38.9 Å². The van der Waals surface area contributed by atoms with Gasteiger partial charge < -0.3 is 5.73 Å². The van der Waals surface area contributed by atoms with Crippen molar-refractivity contribution in [2.75, 3.05) is 0 Å². The van der Waals surface area contributed by atoms with Gasteiger partial charge in [0.05, 0.1) is 0 Å². The number of rotatable bonds is 2. The molecule has 3 heteroatoms. The molecule has 0 spiro atoms. The van der Waals surface area contributed by atoms with E-state index >= 15 is 0 Å². The normalized spacial score (nSPS) is 10.3. The Morgan fingerprint density at radius 1 is 1.27 bits per heavy atom. The highest BCUT2D eigenvalue weighted by Gasteiger charge is 2.03. The Bertz CT molecular complexity index is 469. The predicted molar refractivity (Wildman–Crippen MR) is 62.6 cm³/mol. The van der Waals surface area contributed by atoms with Crippen molar-refractivity contribution in [3.63, 3.8) is 0 Å². The van der Waals surface area contributed by atoms with Gasteiger partial charge >= 0.3 is 0 Å². The quantitative estimate of drug-likeness (QED) is 0.842. The van der Waals surface area contributed by atoms with Crippen molar-refractivity contribution in [2.24, 2.45) is 5.73 Å². The fraction of sp³-hybridized carbons (Fsp3) is 0.0833. The standard InChI is InChI=1S/C12H11ClN2/c13-11-3-1-2-9(6-11)12-8-15-5-4-10(12)7-14/h1-6,8H,7,14H2. The van der Waals surface area contributed by atoms with Gasteiger partial charge in [-0.25, -0.2) is 0 Å². The highest BCUT2D eigenvalue weighted by Crippen LogP contribution is 2.24. The molecule has 0 aliphatic rings. The lowest BCUT2D eigenvalue weighted by molar-refractivity contribution is 1.06. The van der Waals surface area contributed by atoms with Gasteiger partial charge in [-0.1, -0.05) is 23.7 Å². The zero-order valence-electron chi connectivity index (χ0n) is 8.15. The lowest BCUT2D eigenvalue weighted by Gasteiger charge is -2.06. The highest BCUT2D eigenvalue weighted by atomic mass is 35.5. The molecule has 2 N–H and O–H groups in total. The first kappa shape index (κ1) is 10.1. The molecule has 2 nitrogen and oxygen atoms in total. The summed E-state index contributed by atoms with van der Waals surface area (Å²) in [5.74, 6) is 0. The van der Waals surface area contributed by atoms with Crippen LogP contribution >= 0.6 is 11.6 Å². The third kappa shape index (κ3) is 2.17. The monoisotopic (exact) mass is 218 g/mol. The number of pyridine rings is 1. The second-order valence-electron chi connectivity index (χ2n) is 3.25. The Balaban J connectivity index is 2.53. The Hall–Kier alpha value is -1.38. The molecule has 0 saturated heterocycles. The second-order valence-corrected chi connectivity index (χ2v) is 3.68. The van der Waals surface area contributed by atoms with Crippen molar-refractivity contribution in [2.45, 2.75) is 6.54 Å². The zero-order valence-corrected chi connectivity index (χ0v) is 8.91. The van der Waals surface area contributed by atoms with E-state index in [0.29, 0.717) is 6.54 Å². The maximum atomic E-state index is 5.94. The van der Waals surface area contributed by atoms with Crippen LogP contribution in [0.15, 0.2) is 42.7 Å². The minimum Gasteiger partial charge on any atom is -0.326 e. The summed E-state index contributed by atoms with van der Waals surface area (Å²) in [6.45, 7) is 0.504. The molecular formula is C12H11ClN2. The average molecular weight is 219 g/mol. The molecule has 0 aliphatic carbocycles. The molecule has 1 aromatic heterocycles. The summed E-state index contributed by atoms with van der Waals surface area (Å²) in [6, 6.07) is 9.62. The number of aromatic nitrogens is 1. The van der Waals surface area contributed by atoms with Crippen molar-refractivity contribution in [1.29, 1.82) is 0 Å². The molecule has 0 atom stereocenters. The number of halogens is 1. The molecular weight excluding hydrogens is 208 g/mol. The van der Waals surface area contributed by atoms with Crippen LogP contribution in [0.3, 0.4) is 0 Å². The number of benzene rings is 1. The summed E-state index contributed by atoms with van der Waals surface area (Å²) in [5.41, 5.74) is 8.84. The van der Waals surface area contributed by atoms with Gasteiger partial charge in [-0.3, -0.25) is 4.98 Å². The zero-order chi connectivity index (χ0) is 10.7. The first-order chi connectivity index (χ1) is 7.31. The molecule has 15 heavy (non-hydrogen) atoms. The first-order valence-corrected chi connectivity index (χ1v) is 5.08. The third-order valence-corrected chi connectivity index (χ3v) is 2.50. The molecule has 0 saturated carbocycles. The molecule has 0 aliphatic heterocycles. The van der Waals surface area contributed by atoms with E-state index in [1.807, 2.05) is 36.5 Å². The van der Waals surface area contributed by atoms with E-state index < -0.39 is 0 Å². The molecule has 1 aromatic carbocycles. The maximum Gasteiger partial charge on any atom is 0.0412 e. The third-order valence-electron chi connectivity index (χ3n) is 2.27. The molecule has 1 heterocycles. The van der Waals surface area contributed by atoms with Crippen LogP contribution in [0.2, 0.25) is 5.02 Å². The second kappa shape index (κ2) is 4.43. The molecule has 2 rings (SSSR count). The predicted octanol–water partition coefficient (Wildman–Crippen LogP) is 2.86. The summed E-state index contributed by atoms with van der Waals surface area (Å²) in [4.78, 5) is 4.10. The Labute approximate surface area is 93.7 Å². The van der Waals surface area contributed by atoms with Crippen LogP contribution in [-0.4, -0.2) is 4.98 Å². The molecule has 0 amide bonds. The lowest BCUT2D eigenvalue weighted by Crippen LogP contribution is -1.99. The molecule has 2 aromatic rings. The number of hydrogen-bond acceptors (Lipinski definition) is 2. The molecule has 0 bridgehead atoms. The molecule has 0 radical (unpaired) electrons.